The van der Waals surface area contributed by atoms with E-state index in [1.54, 1.807) is 12.1 Å². The number of hydrogen-bond donors (Lipinski definition) is 2. The second-order valence-electron chi connectivity index (χ2n) is 2.81. The summed E-state index contributed by atoms with van der Waals surface area (Å²) in [7, 11) is 0. The summed E-state index contributed by atoms with van der Waals surface area (Å²) < 4.78 is 24.5. The summed E-state index contributed by atoms with van der Waals surface area (Å²) in [6.45, 7) is 0.257. The summed E-state index contributed by atoms with van der Waals surface area (Å²) in [5.41, 5.74) is 11.6. The third kappa shape index (κ3) is 2.47. The highest BCUT2D eigenvalue weighted by atomic mass is 19.3. The maximum absolute atomic E-state index is 12.2. The Labute approximate surface area is 75.5 Å². The van der Waals surface area contributed by atoms with Crippen LogP contribution in [0.15, 0.2) is 24.3 Å². The van der Waals surface area contributed by atoms with E-state index >= 15 is 0 Å². The first-order valence-electron chi connectivity index (χ1n) is 3.98. The van der Waals surface area contributed by atoms with E-state index in [1.807, 2.05) is 0 Å². The van der Waals surface area contributed by atoms with E-state index in [1.165, 1.54) is 12.1 Å². The lowest BCUT2D eigenvalue weighted by atomic mass is 10.1. The first-order chi connectivity index (χ1) is 6.15. The fourth-order valence-electron chi connectivity index (χ4n) is 1.06. The summed E-state index contributed by atoms with van der Waals surface area (Å²) >= 11 is 0. The standard InChI is InChI=1S/C9H12F2N2/c10-9(11)7-3-1-2-6(4-7)8(13)5-12/h1-4,8-9H,5,12-13H2. The van der Waals surface area contributed by atoms with Crippen molar-refractivity contribution in [3.05, 3.63) is 35.4 Å². The Morgan fingerprint density at radius 1 is 1.23 bits per heavy atom. The van der Waals surface area contributed by atoms with Gasteiger partial charge in [-0.3, -0.25) is 0 Å². The average Bonchev–Trinajstić information content (AvgIpc) is 2.17. The minimum Gasteiger partial charge on any atom is -0.329 e. The normalized spacial score (nSPS) is 13.3. The van der Waals surface area contributed by atoms with Gasteiger partial charge in [0.05, 0.1) is 0 Å². The summed E-state index contributed by atoms with van der Waals surface area (Å²) in [6.07, 6.45) is -2.45. The van der Waals surface area contributed by atoms with Gasteiger partial charge in [-0.15, -0.1) is 0 Å². The zero-order valence-electron chi connectivity index (χ0n) is 7.08. The minimum absolute atomic E-state index is 0.0126. The van der Waals surface area contributed by atoms with E-state index in [0.717, 1.165) is 0 Å². The summed E-state index contributed by atoms with van der Waals surface area (Å²) in [4.78, 5) is 0. The van der Waals surface area contributed by atoms with Crippen LogP contribution in [-0.4, -0.2) is 6.54 Å². The summed E-state index contributed by atoms with van der Waals surface area (Å²) in [6, 6.07) is 5.66. The number of benzene rings is 1. The monoisotopic (exact) mass is 186 g/mol. The molecule has 13 heavy (non-hydrogen) atoms. The molecule has 0 heterocycles. The fraction of sp³-hybridized carbons (Fsp3) is 0.333. The van der Waals surface area contributed by atoms with Crippen LogP contribution in [0, 0.1) is 0 Å². The smallest absolute Gasteiger partial charge is 0.263 e. The molecule has 0 fully saturated rings. The van der Waals surface area contributed by atoms with Gasteiger partial charge in [-0.25, -0.2) is 8.78 Å². The number of rotatable bonds is 3. The molecule has 0 aliphatic rings. The summed E-state index contributed by atoms with van der Waals surface area (Å²) in [5.74, 6) is 0. The Hall–Kier alpha value is -1.00. The van der Waals surface area contributed by atoms with Crippen LogP contribution in [0.4, 0.5) is 8.78 Å². The van der Waals surface area contributed by atoms with Crippen molar-refractivity contribution in [2.45, 2.75) is 12.5 Å². The van der Waals surface area contributed by atoms with Gasteiger partial charge >= 0.3 is 0 Å². The first-order valence-corrected chi connectivity index (χ1v) is 3.98. The van der Waals surface area contributed by atoms with Crippen LogP contribution in [0.25, 0.3) is 0 Å². The third-order valence-corrected chi connectivity index (χ3v) is 1.84. The molecule has 1 unspecified atom stereocenters. The molecule has 1 rings (SSSR count). The number of nitrogens with two attached hydrogens (primary N) is 2. The van der Waals surface area contributed by atoms with Crippen molar-refractivity contribution in [3.8, 4) is 0 Å². The van der Waals surface area contributed by atoms with E-state index in [4.69, 9.17) is 11.5 Å². The molecule has 0 aliphatic heterocycles. The third-order valence-electron chi connectivity index (χ3n) is 1.84. The van der Waals surface area contributed by atoms with Crippen molar-refractivity contribution in [2.75, 3.05) is 6.54 Å². The van der Waals surface area contributed by atoms with Crippen molar-refractivity contribution in [1.82, 2.24) is 0 Å². The Bertz CT molecular complexity index is 276. The van der Waals surface area contributed by atoms with Crippen LogP contribution in [0.2, 0.25) is 0 Å². The number of halogens is 2. The maximum atomic E-state index is 12.2. The Morgan fingerprint density at radius 3 is 2.38 bits per heavy atom. The first kappa shape index (κ1) is 10.1. The average molecular weight is 186 g/mol. The fourth-order valence-corrected chi connectivity index (χ4v) is 1.06. The topological polar surface area (TPSA) is 52.0 Å². The zero-order chi connectivity index (χ0) is 9.84. The lowest BCUT2D eigenvalue weighted by Gasteiger charge is -2.10. The lowest BCUT2D eigenvalue weighted by Crippen LogP contribution is -2.20. The molecule has 1 aromatic rings. The molecule has 0 amide bonds. The molecular formula is C9H12F2N2. The second-order valence-corrected chi connectivity index (χ2v) is 2.81. The molecule has 4 N–H and O–H groups in total. The highest BCUT2D eigenvalue weighted by Crippen LogP contribution is 2.21. The van der Waals surface area contributed by atoms with E-state index < -0.39 is 6.43 Å². The molecule has 4 heteroatoms. The van der Waals surface area contributed by atoms with Crippen LogP contribution >= 0.6 is 0 Å². The molecule has 2 nitrogen and oxygen atoms in total. The van der Waals surface area contributed by atoms with Gasteiger partial charge in [0, 0.05) is 18.2 Å². The quantitative estimate of drug-likeness (QED) is 0.753. The molecule has 0 aromatic heterocycles. The van der Waals surface area contributed by atoms with E-state index in [-0.39, 0.29) is 18.2 Å². The van der Waals surface area contributed by atoms with Gasteiger partial charge < -0.3 is 11.5 Å². The largest absolute Gasteiger partial charge is 0.329 e. The van der Waals surface area contributed by atoms with Gasteiger partial charge in [-0.1, -0.05) is 18.2 Å². The van der Waals surface area contributed by atoms with Gasteiger partial charge in [-0.05, 0) is 11.6 Å². The molecule has 0 saturated carbocycles. The van der Waals surface area contributed by atoms with Gasteiger partial charge in [0.2, 0.25) is 0 Å². The SMILES string of the molecule is NCC(N)c1cccc(C(F)F)c1. The Morgan fingerprint density at radius 2 is 1.85 bits per heavy atom. The van der Waals surface area contributed by atoms with Crippen LogP contribution in [0.1, 0.15) is 23.6 Å². The van der Waals surface area contributed by atoms with E-state index in [9.17, 15) is 8.78 Å². The van der Waals surface area contributed by atoms with Crippen molar-refractivity contribution in [1.29, 1.82) is 0 Å². The highest BCUT2D eigenvalue weighted by Gasteiger charge is 2.09. The molecular weight excluding hydrogens is 174 g/mol. The second kappa shape index (κ2) is 4.30. The van der Waals surface area contributed by atoms with Crippen LogP contribution in [0.3, 0.4) is 0 Å². The van der Waals surface area contributed by atoms with Crippen LogP contribution < -0.4 is 11.5 Å². The molecule has 0 radical (unpaired) electrons. The molecule has 0 aliphatic carbocycles. The highest BCUT2D eigenvalue weighted by molar-refractivity contribution is 5.26. The predicted octanol–water partition coefficient (Wildman–Crippen LogP) is 1.58. The van der Waals surface area contributed by atoms with Gasteiger partial charge in [0.25, 0.3) is 6.43 Å². The van der Waals surface area contributed by atoms with E-state index in [2.05, 4.69) is 0 Å². The molecule has 0 saturated heterocycles. The Balaban J connectivity index is 2.91. The van der Waals surface area contributed by atoms with Crippen molar-refractivity contribution in [2.24, 2.45) is 11.5 Å². The zero-order valence-corrected chi connectivity index (χ0v) is 7.08. The van der Waals surface area contributed by atoms with Crippen molar-refractivity contribution >= 4 is 0 Å². The molecule has 72 valence electrons. The Kier molecular flexibility index (Phi) is 3.33. The number of alkyl halides is 2. The molecule has 1 atom stereocenters. The van der Waals surface area contributed by atoms with Gasteiger partial charge in [-0.2, -0.15) is 0 Å². The lowest BCUT2D eigenvalue weighted by molar-refractivity contribution is 0.151. The van der Waals surface area contributed by atoms with Crippen LogP contribution in [0.5, 0.6) is 0 Å². The molecule has 0 spiro atoms. The van der Waals surface area contributed by atoms with Crippen molar-refractivity contribution < 1.29 is 8.78 Å². The molecule has 1 aromatic carbocycles. The number of hydrogen-bond acceptors (Lipinski definition) is 2. The van der Waals surface area contributed by atoms with Crippen molar-refractivity contribution in [3.63, 3.8) is 0 Å². The predicted molar refractivity (Wildman–Crippen MR) is 47.4 cm³/mol. The van der Waals surface area contributed by atoms with Gasteiger partial charge in [0.1, 0.15) is 0 Å². The summed E-state index contributed by atoms with van der Waals surface area (Å²) in [5, 5.41) is 0. The molecule has 0 bridgehead atoms. The van der Waals surface area contributed by atoms with Crippen LogP contribution in [-0.2, 0) is 0 Å². The van der Waals surface area contributed by atoms with Gasteiger partial charge in [0.15, 0.2) is 0 Å². The maximum Gasteiger partial charge on any atom is 0.263 e. The minimum atomic E-state index is -2.45. The van der Waals surface area contributed by atoms with E-state index in [0.29, 0.717) is 5.56 Å².